The van der Waals surface area contributed by atoms with Gasteiger partial charge in [-0.15, -0.1) is 0 Å². The number of benzene rings is 2. The summed E-state index contributed by atoms with van der Waals surface area (Å²) in [5.41, 5.74) is 3.40. The average Bonchev–Trinajstić information content (AvgIpc) is 2.98. The first kappa shape index (κ1) is 28.0. The number of carbonyl (C=O) groups excluding carboxylic acids is 1. The van der Waals surface area contributed by atoms with Crippen molar-refractivity contribution in [1.82, 2.24) is 14.8 Å². The van der Waals surface area contributed by atoms with E-state index in [4.69, 9.17) is 0 Å². The van der Waals surface area contributed by atoms with Crippen LogP contribution in [0.3, 0.4) is 0 Å². The third kappa shape index (κ3) is 6.95. The number of nitrogens with one attached hydrogen (secondary N) is 1. The number of nitrogens with zero attached hydrogens (tertiary/aromatic N) is 4. The predicted molar refractivity (Wildman–Crippen MR) is 159 cm³/mol. The second-order valence-corrected chi connectivity index (χ2v) is 12.4. The number of aryl methyl sites for hydroxylation is 1. The number of hydrogen-bond acceptors (Lipinski definition) is 6. The fourth-order valence-corrected chi connectivity index (χ4v) is 6.69. The van der Waals surface area contributed by atoms with Gasteiger partial charge >= 0.3 is 0 Å². The van der Waals surface area contributed by atoms with Gasteiger partial charge in [0.25, 0.3) is 15.9 Å². The molecular weight excluding hydrogens is 522 g/mol. The number of amides is 1. The van der Waals surface area contributed by atoms with E-state index in [9.17, 15) is 13.2 Å². The van der Waals surface area contributed by atoms with E-state index in [-0.39, 0.29) is 10.8 Å². The van der Waals surface area contributed by atoms with E-state index in [1.165, 1.54) is 19.3 Å². The normalized spacial score (nSPS) is 17.3. The maximum Gasteiger partial charge on any atom is 0.264 e. The standard InChI is InChI=1S/C31H37N5O3S/c1-24-7-5-11-29(30(24)33-22-25-8-3-2-4-9-25)40(38,39)34-28-14-12-27(13-15-28)31(37)36-19-17-35(18-20-36)23-26-10-6-16-32-21-26/h5-7,10-16,21-22,25,34H,2-4,8-9,17-20,23H2,1H3. The number of para-hydroxylation sites is 1. The van der Waals surface area contributed by atoms with Gasteiger partial charge in [0, 0.05) is 62.6 Å². The molecule has 8 nitrogen and oxygen atoms in total. The molecule has 1 aliphatic heterocycles. The fourth-order valence-electron chi connectivity index (χ4n) is 5.41. The topological polar surface area (TPSA) is 95.0 Å². The third-order valence-corrected chi connectivity index (χ3v) is 9.14. The minimum atomic E-state index is -3.87. The molecule has 0 radical (unpaired) electrons. The maximum atomic E-state index is 13.4. The maximum absolute atomic E-state index is 13.4. The fraction of sp³-hybridized carbons (Fsp3) is 0.387. The van der Waals surface area contributed by atoms with Gasteiger partial charge in [-0.05, 0) is 73.2 Å². The van der Waals surface area contributed by atoms with Crippen LogP contribution in [-0.2, 0) is 16.6 Å². The van der Waals surface area contributed by atoms with Crippen LogP contribution in [-0.4, -0.2) is 61.5 Å². The van der Waals surface area contributed by atoms with E-state index >= 15 is 0 Å². The molecule has 1 saturated carbocycles. The number of sulfonamides is 1. The van der Waals surface area contributed by atoms with Crippen LogP contribution in [0.15, 0.2) is 76.9 Å². The molecule has 0 bridgehead atoms. The third-order valence-electron chi connectivity index (χ3n) is 7.73. The highest BCUT2D eigenvalue weighted by atomic mass is 32.2. The number of rotatable bonds is 8. The average molecular weight is 560 g/mol. The lowest BCUT2D eigenvalue weighted by molar-refractivity contribution is 0.0628. The summed E-state index contributed by atoms with van der Waals surface area (Å²) in [6.45, 7) is 5.57. The van der Waals surface area contributed by atoms with Gasteiger partial charge in [-0.2, -0.15) is 0 Å². The zero-order valence-electron chi connectivity index (χ0n) is 23.0. The van der Waals surface area contributed by atoms with Gasteiger partial charge in [-0.25, -0.2) is 8.42 Å². The Labute approximate surface area is 237 Å². The number of aromatic nitrogens is 1. The molecule has 210 valence electrons. The van der Waals surface area contributed by atoms with Crippen LogP contribution in [0.1, 0.15) is 53.6 Å². The number of piperazine rings is 1. The van der Waals surface area contributed by atoms with Gasteiger partial charge in [0.1, 0.15) is 4.90 Å². The molecule has 9 heteroatoms. The predicted octanol–water partition coefficient (Wildman–Crippen LogP) is 5.43. The highest BCUT2D eigenvalue weighted by Gasteiger charge is 2.24. The van der Waals surface area contributed by atoms with Crippen molar-refractivity contribution in [3.05, 3.63) is 83.7 Å². The lowest BCUT2D eigenvalue weighted by Gasteiger charge is -2.34. The van der Waals surface area contributed by atoms with E-state index < -0.39 is 10.0 Å². The lowest BCUT2D eigenvalue weighted by atomic mass is 9.90. The summed E-state index contributed by atoms with van der Waals surface area (Å²) < 4.78 is 29.4. The molecule has 1 aliphatic carbocycles. The van der Waals surface area contributed by atoms with Crippen molar-refractivity contribution >= 4 is 33.5 Å². The Morgan fingerprint density at radius 3 is 2.45 bits per heavy atom. The molecule has 3 aromatic rings. The van der Waals surface area contributed by atoms with Crippen molar-refractivity contribution in [2.45, 2.75) is 50.5 Å². The number of hydrogen-bond donors (Lipinski definition) is 1. The van der Waals surface area contributed by atoms with Crippen LogP contribution < -0.4 is 4.72 Å². The summed E-state index contributed by atoms with van der Waals surface area (Å²) in [7, 11) is -3.87. The van der Waals surface area contributed by atoms with Crippen molar-refractivity contribution < 1.29 is 13.2 Å². The van der Waals surface area contributed by atoms with Gasteiger partial charge < -0.3 is 4.90 Å². The van der Waals surface area contributed by atoms with Crippen molar-refractivity contribution in [3.8, 4) is 0 Å². The summed E-state index contributed by atoms with van der Waals surface area (Å²) in [5, 5.41) is 0. The second kappa shape index (κ2) is 12.7. The van der Waals surface area contributed by atoms with E-state index in [1.807, 2.05) is 36.4 Å². The minimum absolute atomic E-state index is 0.0477. The molecule has 0 unspecified atom stereocenters. The Morgan fingerprint density at radius 1 is 1.00 bits per heavy atom. The zero-order chi connectivity index (χ0) is 28.0. The van der Waals surface area contributed by atoms with Gasteiger partial charge in [0.05, 0.1) is 5.69 Å². The van der Waals surface area contributed by atoms with Crippen LogP contribution in [0.5, 0.6) is 0 Å². The largest absolute Gasteiger partial charge is 0.336 e. The van der Waals surface area contributed by atoms with Crippen molar-refractivity contribution in [1.29, 1.82) is 0 Å². The summed E-state index contributed by atoms with van der Waals surface area (Å²) in [5.74, 6) is 0.347. The first-order chi connectivity index (χ1) is 19.4. The quantitative estimate of drug-likeness (QED) is 0.371. The lowest BCUT2D eigenvalue weighted by Crippen LogP contribution is -2.48. The van der Waals surface area contributed by atoms with Crippen molar-refractivity contribution in [2.75, 3.05) is 30.9 Å². The van der Waals surface area contributed by atoms with Crippen molar-refractivity contribution in [3.63, 3.8) is 0 Å². The minimum Gasteiger partial charge on any atom is -0.336 e. The summed E-state index contributed by atoms with van der Waals surface area (Å²) >= 11 is 0. The molecule has 1 amide bonds. The first-order valence-corrected chi connectivity index (χ1v) is 15.5. The molecule has 0 spiro atoms. The molecule has 2 fully saturated rings. The van der Waals surface area contributed by atoms with E-state index in [2.05, 4.69) is 25.7 Å². The molecule has 0 atom stereocenters. The van der Waals surface area contributed by atoms with Crippen LogP contribution in [0, 0.1) is 12.8 Å². The molecule has 2 aromatic carbocycles. The molecule has 5 rings (SSSR count). The molecule has 40 heavy (non-hydrogen) atoms. The van der Waals surface area contributed by atoms with Gasteiger partial charge in [0.15, 0.2) is 0 Å². The Hall–Kier alpha value is -3.56. The highest BCUT2D eigenvalue weighted by Crippen LogP contribution is 2.31. The highest BCUT2D eigenvalue weighted by molar-refractivity contribution is 7.92. The Morgan fingerprint density at radius 2 is 1.75 bits per heavy atom. The molecule has 1 saturated heterocycles. The summed E-state index contributed by atoms with van der Waals surface area (Å²) in [4.78, 5) is 26.3. The number of carbonyl (C=O) groups is 1. The molecule has 1 N–H and O–H groups in total. The van der Waals surface area contributed by atoms with Crippen LogP contribution in [0.2, 0.25) is 0 Å². The Bertz CT molecular complexity index is 1430. The molecule has 2 heterocycles. The van der Waals surface area contributed by atoms with Crippen LogP contribution >= 0.6 is 0 Å². The van der Waals surface area contributed by atoms with E-state index in [0.29, 0.717) is 35.9 Å². The zero-order valence-corrected chi connectivity index (χ0v) is 23.8. The van der Waals surface area contributed by atoms with Crippen molar-refractivity contribution in [2.24, 2.45) is 10.9 Å². The monoisotopic (exact) mass is 559 g/mol. The van der Waals surface area contributed by atoms with E-state index in [1.54, 1.807) is 42.6 Å². The van der Waals surface area contributed by atoms with Gasteiger partial charge in [-0.3, -0.25) is 24.4 Å². The summed E-state index contributed by atoms with van der Waals surface area (Å²) in [6.07, 6.45) is 11.4. The first-order valence-electron chi connectivity index (χ1n) is 14.1. The molecule has 2 aliphatic rings. The molecule has 1 aromatic heterocycles. The number of pyridine rings is 1. The van der Waals surface area contributed by atoms with Crippen LogP contribution in [0.4, 0.5) is 11.4 Å². The SMILES string of the molecule is Cc1cccc(S(=O)(=O)Nc2ccc(C(=O)N3CCN(Cc4cccnc4)CC3)cc2)c1N=CC1CCCCC1. The second-order valence-electron chi connectivity index (χ2n) is 10.7. The smallest absolute Gasteiger partial charge is 0.264 e. The molecular formula is C31H37N5O3S. The van der Waals surface area contributed by atoms with Gasteiger partial charge in [-0.1, -0.05) is 37.5 Å². The Balaban J connectivity index is 1.21. The Kier molecular flexibility index (Phi) is 8.91. The van der Waals surface area contributed by atoms with Crippen LogP contribution in [0.25, 0.3) is 0 Å². The van der Waals surface area contributed by atoms with E-state index in [0.717, 1.165) is 43.6 Å². The number of anilines is 1. The van der Waals surface area contributed by atoms with Gasteiger partial charge in [0.2, 0.25) is 0 Å². The number of aliphatic imine (C=N–C) groups is 1. The summed E-state index contributed by atoms with van der Waals surface area (Å²) in [6, 6.07) is 15.9.